The molecule has 0 bridgehead atoms. The Morgan fingerprint density at radius 1 is 1.19 bits per heavy atom. The van der Waals surface area contributed by atoms with E-state index in [-0.39, 0.29) is 5.92 Å². The van der Waals surface area contributed by atoms with Gasteiger partial charge in [-0.1, -0.05) is 49.1 Å². The molecule has 0 radical (unpaired) electrons. The van der Waals surface area contributed by atoms with Crippen molar-refractivity contribution in [3.63, 3.8) is 0 Å². The first-order valence-electron chi connectivity index (χ1n) is 12.6. The maximum atomic E-state index is 10.9. The summed E-state index contributed by atoms with van der Waals surface area (Å²) in [6.45, 7) is 12.2. The van der Waals surface area contributed by atoms with Crippen LogP contribution in [0.4, 0.5) is 0 Å². The van der Waals surface area contributed by atoms with E-state index in [1.54, 1.807) is 6.92 Å². The molecule has 0 spiro atoms. The quantitative estimate of drug-likeness (QED) is 0.236. The van der Waals surface area contributed by atoms with Crippen LogP contribution >= 0.6 is 0 Å². The van der Waals surface area contributed by atoms with Crippen molar-refractivity contribution in [3.05, 3.63) is 34.4 Å². The monoisotopic (exact) mass is 448 g/mol. The molecular weight excluding hydrogens is 400 g/mol. The highest BCUT2D eigenvalue weighted by Crippen LogP contribution is 2.29. The van der Waals surface area contributed by atoms with Crippen molar-refractivity contribution in [2.45, 2.75) is 124 Å². The summed E-state index contributed by atoms with van der Waals surface area (Å²) in [6, 6.07) is 0. The second-order valence-corrected chi connectivity index (χ2v) is 10.7. The standard InChI is InChI=1S/C28H48O4/c1-20(12-8-16-28(6,32)17-9-13-22(3)27(30)31)10-7-11-21(2)14-15-25-18-23(4)24(5)26(29)19-25/h12,19,21-22,26,29,32H,7-11,13-18H2,1-6H3,(H,30,31)/b20-12+. The fourth-order valence-electron chi connectivity index (χ4n) is 4.39. The molecule has 184 valence electrons. The summed E-state index contributed by atoms with van der Waals surface area (Å²) in [4.78, 5) is 10.9. The Labute approximate surface area is 196 Å². The third-order valence-electron chi connectivity index (χ3n) is 7.18. The lowest BCUT2D eigenvalue weighted by molar-refractivity contribution is -0.141. The Bertz CT molecular complexity index is 684. The molecule has 1 aliphatic rings. The third-order valence-corrected chi connectivity index (χ3v) is 7.18. The van der Waals surface area contributed by atoms with E-state index in [2.05, 4.69) is 26.8 Å². The van der Waals surface area contributed by atoms with Crippen LogP contribution in [0.5, 0.6) is 0 Å². The van der Waals surface area contributed by atoms with E-state index in [1.807, 2.05) is 19.9 Å². The summed E-state index contributed by atoms with van der Waals surface area (Å²) in [7, 11) is 0. The van der Waals surface area contributed by atoms with Crippen LogP contribution < -0.4 is 0 Å². The lowest BCUT2D eigenvalue weighted by atomic mass is 9.87. The van der Waals surface area contributed by atoms with Crippen molar-refractivity contribution in [1.82, 2.24) is 0 Å². The predicted octanol–water partition coefficient (Wildman–Crippen LogP) is 6.97. The normalized spacial score (nSPS) is 21.2. The first-order valence-corrected chi connectivity index (χ1v) is 12.6. The summed E-state index contributed by atoms with van der Waals surface area (Å²) in [6.07, 6.45) is 14.3. The van der Waals surface area contributed by atoms with E-state index in [0.717, 1.165) is 44.1 Å². The highest BCUT2D eigenvalue weighted by Gasteiger charge is 2.20. The van der Waals surface area contributed by atoms with Crippen molar-refractivity contribution in [1.29, 1.82) is 0 Å². The molecule has 32 heavy (non-hydrogen) atoms. The molecule has 0 amide bonds. The van der Waals surface area contributed by atoms with Gasteiger partial charge in [-0.2, -0.15) is 0 Å². The van der Waals surface area contributed by atoms with Gasteiger partial charge in [-0.25, -0.2) is 0 Å². The van der Waals surface area contributed by atoms with Crippen LogP contribution in [0.25, 0.3) is 0 Å². The van der Waals surface area contributed by atoms with Crippen LogP contribution in [-0.2, 0) is 4.79 Å². The molecule has 0 aromatic carbocycles. The van der Waals surface area contributed by atoms with E-state index in [1.165, 1.54) is 36.0 Å². The molecule has 4 nitrogen and oxygen atoms in total. The van der Waals surface area contributed by atoms with Gasteiger partial charge in [0.25, 0.3) is 0 Å². The van der Waals surface area contributed by atoms with E-state index in [9.17, 15) is 15.0 Å². The molecule has 0 fully saturated rings. The van der Waals surface area contributed by atoms with Gasteiger partial charge in [0.1, 0.15) is 0 Å². The average Bonchev–Trinajstić information content (AvgIpc) is 2.69. The maximum Gasteiger partial charge on any atom is 0.306 e. The van der Waals surface area contributed by atoms with Crippen molar-refractivity contribution in [2.75, 3.05) is 0 Å². The van der Waals surface area contributed by atoms with Gasteiger partial charge >= 0.3 is 5.97 Å². The number of hydrogen-bond donors (Lipinski definition) is 3. The van der Waals surface area contributed by atoms with Crippen LogP contribution in [-0.4, -0.2) is 33.0 Å². The van der Waals surface area contributed by atoms with E-state index in [0.29, 0.717) is 18.8 Å². The van der Waals surface area contributed by atoms with Crippen LogP contribution in [0.15, 0.2) is 34.4 Å². The van der Waals surface area contributed by atoms with Crippen molar-refractivity contribution < 1.29 is 20.1 Å². The lowest BCUT2D eigenvalue weighted by Crippen LogP contribution is -2.24. The van der Waals surface area contributed by atoms with Crippen LogP contribution in [0, 0.1) is 11.8 Å². The van der Waals surface area contributed by atoms with Gasteiger partial charge in [0.15, 0.2) is 0 Å². The second kappa shape index (κ2) is 14.0. The summed E-state index contributed by atoms with van der Waals surface area (Å²) in [5, 5.41) is 29.6. The van der Waals surface area contributed by atoms with Gasteiger partial charge in [-0.3, -0.25) is 4.79 Å². The number of carboxylic acid groups (broad SMARTS) is 1. The Hall–Kier alpha value is -1.39. The first kappa shape index (κ1) is 28.6. The summed E-state index contributed by atoms with van der Waals surface area (Å²) >= 11 is 0. The van der Waals surface area contributed by atoms with E-state index >= 15 is 0 Å². The SMILES string of the molecule is CC1=C(C)C(O)C=C(CCC(C)CCC/C(C)=C/CCC(C)(O)CCCC(C)C(=O)O)C1. The number of allylic oxidation sites excluding steroid dienone is 4. The number of hydrogen-bond acceptors (Lipinski definition) is 3. The zero-order chi connectivity index (χ0) is 24.3. The highest BCUT2D eigenvalue weighted by atomic mass is 16.4. The van der Waals surface area contributed by atoms with Gasteiger partial charge in [0, 0.05) is 0 Å². The zero-order valence-corrected chi connectivity index (χ0v) is 21.4. The molecule has 4 atom stereocenters. The van der Waals surface area contributed by atoms with Crippen molar-refractivity contribution in [2.24, 2.45) is 11.8 Å². The number of aliphatic hydroxyl groups is 2. The molecule has 0 heterocycles. The summed E-state index contributed by atoms with van der Waals surface area (Å²) in [5.74, 6) is -0.418. The third kappa shape index (κ3) is 11.5. The molecule has 0 saturated heterocycles. The minimum Gasteiger partial charge on any atom is -0.481 e. The topological polar surface area (TPSA) is 77.8 Å². The Balaban J connectivity index is 2.22. The number of rotatable bonds is 15. The van der Waals surface area contributed by atoms with Gasteiger partial charge in [-0.05, 0) is 103 Å². The van der Waals surface area contributed by atoms with Gasteiger partial charge in [0.2, 0.25) is 0 Å². The molecule has 4 unspecified atom stereocenters. The molecule has 1 rings (SSSR count). The number of aliphatic hydroxyl groups excluding tert-OH is 1. The van der Waals surface area contributed by atoms with E-state index < -0.39 is 17.7 Å². The molecule has 3 N–H and O–H groups in total. The fourth-order valence-corrected chi connectivity index (χ4v) is 4.39. The van der Waals surface area contributed by atoms with Crippen molar-refractivity contribution in [3.8, 4) is 0 Å². The number of carboxylic acids is 1. The Morgan fingerprint density at radius 3 is 2.50 bits per heavy atom. The molecule has 4 heteroatoms. The van der Waals surface area contributed by atoms with Gasteiger partial charge < -0.3 is 15.3 Å². The fraction of sp³-hybridized carbons (Fsp3) is 0.750. The minimum absolute atomic E-state index is 0.341. The molecule has 0 aliphatic heterocycles. The number of aliphatic carboxylic acids is 1. The van der Waals surface area contributed by atoms with Crippen LogP contribution in [0.2, 0.25) is 0 Å². The Kier molecular flexibility index (Phi) is 12.5. The van der Waals surface area contributed by atoms with E-state index in [4.69, 9.17) is 5.11 Å². The second-order valence-electron chi connectivity index (χ2n) is 10.7. The smallest absolute Gasteiger partial charge is 0.306 e. The highest BCUT2D eigenvalue weighted by molar-refractivity contribution is 5.69. The number of carbonyl (C=O) groups is 1. The average molecular weight is 449 g/mol. The molecular formula is C28H48O4. The summed E-state index contributed by atoms with van der Waals surface area (Å²) < 4.78 is 0. The zero-order valence-electron chi connectivity index (χ0n) is 21.4. The van der Waals surface area contributed by atoms with Crippen LogP contribution in [0.1, 0.15) is 112 Å². The molecule has 1 aliphatic carbocycles. The van der Waals surface area contributed by atoms with Gasteiger partial charge in [0.05, 0.1) is 17.6 Å². The molecule has 0 saturated carbocycles. The molecule has 0 aromatic heterocycles. The summed E-state index contributed by atoms with van der Waals surface area (Å²) in [5.41, 5.74) is 4.47. The van der Waals surface area contributed by atoms with Crippen molar-refractivity contribution >= 4 is 5.97 Å². The lowest BCUT2D eigenvalue weighted by Gasteiger charge is -2.23. The van der Waals surface area contributed by atoms with Gasteiger partial charge in [-0.15, -0.1) is 0 Å². The first-order chi connectivity index (χ1) is 14.9. The largest absolute Gasteiger partial charge is 0.481 e. The minimum atomic E-state index is -0.760. The molecule has 0 aromatic rings. The predicted molar refractivity (Wildman–Crippen MR) is 134 cm³/mol. The Morgan fingerprint density at radius 2 is 1.88 bits per heavy atom. The maximum absolute atomic E-state index is 10.9. The van der Waals surface area contributed by atoms with Crippen LogP contribution in [0.3, 0.4) is 0 Å².